The number of amides is 1. The molecule has 1 aromatic heterocycles. The minimum atomic E-state index is 0. The van der Waals surface area contributed by atoms with Crippen LogP contribution in [0.3, 0.4) is 0 Å². The van der Waals surface area contributed by atoms with E-state index >= 15 is 0 Å². The molecule has 6 heteroatoms. The van der Waals surface area contributed by atoms with E-state index in [0.717, 1.165) is 35.4 Å². The summed E-state index contributed by atoms with van der Waals surface area (Å²) in [7, 11) is 1.97. The van der Waals surface area contributed by atoms with Crippen molar-refractivity contribution in [1.29, 1.82) is 0 Å². The Morgan fingerprint density at radius 1 is 1.67 bits per heavy atom. The third kappa shape index (κ3) is 3.70. The second-order valence-corrected chi connectivity index (χ2v) is 6.19. The second-order valence-electron chi connectivity index (χ2n) is 4.41. The summed E-state index contributed by atoms with van der Waals surface area (Å²) < 4.78 is 0.920. The Bertz CT molecular complexity index is 397. The van der Waals surface area contributed by atoms with Gasteiger partial charge in [0.05, 0.1) is 0 Å². The van der Waals surface area contributed by atoms with E-state index in [1.54, 1.807) is 0 Å². The average molecular weight is 354 g/mol. The van der Waals surface area contributed by atoms with Gasteiger partial charge >= 0.3 is 0 Å². The number of carbonyl (C=O) groups is 1. The fourth-order valence-electron chi connectivity index (χ4n) is 2.29. The molecule has 2 heterocycles. The normalized spacial score (nSPS) is 19.4. The third-order valence-electron chi connectivity index (χ3n) is 3.11. The molecule has 1 aliphatic heterocycles. The van der Waals surface area contributed by atoms with Gasteiger partial charge in [-0.3, -0.25) is 4.79 Å². The maximum Gasteiger partial charge on any atom is 0.265 e. The smallest absolute Gasteiger partial charge is 0.265 e. The van der Waals surface area contributed by atoms with Crippen LogP contribution >= 0.6 is 39.7 Å². The highest BCUT2D eigenvalue weighted by molar-refractivity contribution is 9.10. The van der Waals surface area contributed by atoms with Gasteiger partial charge in [0.15, 0.2) is 0 Å². The average Bonchev–Trinajstić information content (AvgIpc) is 2.75. The Labute approximate surface area is 126 Å². The molecule has 0 spiro atoms. The molecule has 1 atom stereocenters. The highest BCUT2D eigenvalue weighted by Gasteiger charge is 2.25. The Hall–Kier alpha value is -0.100. The first-order valence-electron chi connectivity index (χ1n) is 5.89. The minimum Gasteiger partial charge on any atom is -0.338 e. The monoisotopic (exact) mass is 352 g/mol. The van der Waals surface area contributed by atoms with Crippen LogP contribution in [0.1, 0.15) is 22.5 Å². The fraction of sp³-hybridized carbons (Fsp3) is 0.583. The molecule has 1 unspecified atom stereocenters. The minimum absolute atomic E-state index is 0. The number of hydrogen-bond acceptors (Lipinski definition) is 3. The molecular formula is C12H18BrClN2OS. The summed E-state index contributed by atoms with van der Waals surface area (Å²) in [5.74, 6) is 0.768. The van der Waals surface area contributed by atoms with Crippen LogP contribution in [0, 0.1) is 5.92 Å². The van der Waals surface area contributed by atoms with Gasteiger partial charge in [-0.05, 0) is 59.7 Å². The lowest BCUT2D eigenvalue weighted by Gasteiger charge is -2.32. The van der Waals surface area contributed by atoms with Crippen LogP contribution in [0.15, 0.2) is 15.9 Å². The standard InChI is InChI=1S/C12H17BrN2OS.ClH/c1-14-7-9-3-2-5-15(8-9)12(16)11-10(13)4-6-17-11;/h4,6,9,14H,2-3,5,7-8H2,1H3;1H. The molecule has 0 bridgehead atoms. The summed E-state index contributed by atoms with van der Waals surface area (Å²) >= 11 is 4.94. The lowest BCUT2D eigenvalue weighted by Crippen LogP contribution is -2.42. The summed E-state index contributed by atoms with van der Waals surface area (Å²) in [6.45, 7) is 2.77. The van der Waals surface area contributed by atoms with E-state index in [4.69, 9.17) is 0 Å². The number of carbonyl (C=O) groups excluding carboxylic acids is 1. The van der Waals surface area contributed by atoms with Crippen molar-refractivity contribution < 1.29 is 4.79 Å². The zero-order chi connectivity index (χ0) is 12.3. The fourth-order valence-corrected chi connectivity index (χ4v) is 3.80. The summed E-state index contributed by atoms with van der Waals surface area (Å²) in [4.78, 5) is 15.1. The van der Waals surface area contributed by atoms with Gasteiger partial charge in [0.25, 0.3) is 5.91 Å². The molecule has 0 aromatic carbocycles. The highest BCUT2D eigenvalue weighted by atomic mass is 79.9. The second kappa shape index (κ2) is 7.48. The lowest BCUT2D eigenvalue weighted by atomic mass is 9.98. The van der Waals surface area contributed by atoms with Gasteiger partial charge in [-0.25, -0.2) is 0 Å². The van der Waals surface area contributed by atoms with Crippen molar-refractivity contribution in [2.24, 2.45) is 5.92 Å². The molecule has 1 saturated heterocycles. The molecule has 18 heavy (non-hydrogen) atoms. The van der Waals surface area contributed by atoms with Crippen LogP contribution in [-0.2, 0) is 0 Å². The number of likely N-dealkylation sites (tertiary alicyclic amines) is 1. The quantitative estimate of drug-likeness (QED) is 0.906. The van der Waals surface area contributed by atoms with Gasteiger partial charge in [-0.1, -0.05) is 0 Å². The molecule has 1 aromatic rings. The van der Waals surface area contributed by atoms with Gasteiger partial charge < -0.3 is 10.2 Å². The van der Waals surface area contributed by atoms with Crippen LogP contribution in [0.5, 0.6) is 0 Å². The first kappa shape index (κ1) is 16.0. The van der Waals surface area contributed by atoms with E-state index in [0.29, 0.717) is 5.92 Å². The molecule has 0 aliphatic carbocycles. The van der Waals surface area contributed by atoms with E-state index in [2.05, 4.69) is 21.2 Å². The third-order valence-corrected chi connectivity index (χ3v) is 4.94. The first-order valence-corrected chi connectivity index (χ1v) is 7.56. The lowest BCUT2D eigenvalue weighted by molar-refractivity contribution is 0.0678. The molecular weight excluding hydrogens is 336 g/mol. The topological polar surface area (TPSA) is 32.3 Å². The van der Waals surface area contributed by atoms with Crippen molar-refractivity contribution in [2.45, 2.75) is 12.8 Å². The summed E-state index contributed by atoms with van der Waals surface area (Å²) in [6, 6.07) is 1.94. The zero-order valence-corrected chi connectivity index (χ0v) is 13.5. The maximum atomic E-state index is 12.3. The summed E-state index contributed by atoms with van der Waals surface area (Å²) in [5.41, 5.74) is 0. The Balaban J connectivity index is 0.00000162. The van der Waals surface area contributed by atoms with Gasteiger partial charge in [0, 0.05) is 17.6 Å². The van der Waals surface area contributed by atoms with Crippen LogP contribution in [0.4, 0.5) is 0 Å². The van der Waals surface area contributed by atoms with E-state index in [-0.39, 0.29) is 18.3 Å². The molecule has 0 saturated carbocycles. The van der Waals surface area contributed by atoms with Crippen LogP contribution < -0.4 is 5.32 Å². The van der Waals surface area contributed by atoms with E-state index in [1.807, 2.05) is 23.4 Å². The van der Waals surface area contributed by atoms with Crippen LogP contribution in [0.25, 0.3) is 0 Å². The Kier molecular flexibility index (Phi) is 6.63. The van der Waals surface area contributed by atoms with Crippen molar-refractivity contribution in [2.75, 3.05) is 26.7 Å². The molecule has 1 aliphatic rings. The molecule has 1 amide bonds. The number of nitrogens with one attached hydrogen (secondary N) is 1. The molecule has 2 rings (SSSR count). The SMILES string of the molecule is CNCC1CCCN(C(=O)c2sccc2Br)C1.Cl. The number of thiophene rings is 1. The number of halogens is 2. The predicted octanol–water partition coefficient (Wildman–Crippen LogP) is 3.00. The van der Waals surface area contributed by atoms with Crippen molar-refractivity contribution in [3.05, 3.63) is 20.8 Å². The maximum absolute atomic E-state index is 12.3. The highest BCUT2D eigenvalue weighted by Crippen LogP contribution is 2.26. The molecule has 102 valence electrons. The molecule has 1 N–H and O–H groups in total. The van der Waals surface area contributed by atoms with Gasteiger partial charge in [-0.15, -0.1) is 23.7 Å². The summed E-state index contributed by atoms with van der Waals surface area (Å²) in [5, 5.41) is 5.15. The summed E-state index contributed by atoms with van der Waals surface area (Å²) in [6.07, 6.45) is 2.33. The van der Waals surface area contributed by atoms with Gasteiger partial charge in [0.1, 0.15) is 4.88 Å². The Morgan fingerprint density at radius 2 is 2.44 bits per heavy atom. The van der Waals surface area contributed by atoms with Crippen molar-refractivity contribution >= 4 is 45.6 Å². The van der Waals surface area contributed by atoms with Gasteiger partial charge in [-0.2, -0.15) is 0 Å². The number of piperidine rings is 1. The van der Waals surface area contributed by atoms with E-state index in [1.165, 1.54) is 17.8 Å². The molecule has 1 fully saturated rings. The van der Waals surface area contributed by atoms with E-state index < -0.39 is 0 Å². The van der Waals surface area contributed by atoms with Crippen molar-refractivity contribution in [3.63, 3.8) is 0 Å². The van der Waals surface area contributed by atoms with Crippen molar-refractivity contribution in [1.82, 2.24) is 10.2 Å². The largest absolute Gasteiger partial charge is 0.338 e. The Morgan fingerprint density at radius 3 is 3.06 bits per heavy atom. The zero-order valence-electron chi connectivity index (χ0n) is 10.3. The number of hydrogen-bond donors (Lipinski definition) is 1. The molecule has 0 radical (unpaired) electrons. The van der Waals surface area contributed by atoms with Crippen molar-refractivity contribution in [3.8, 4) is 0 Å². The van der Waals surface area contributed by atoms with Gasteiger partial charge in [0.2, 0.25) is 0 Å². The predicted molar refractivity (Wildman–Crippen MR) is 81.8 cm³/mol. The molecule has 3 nitrogen and oxygen atoms in total. The van der Waals surface area contributed by atoms with Crippen LogP contribution in [0.2, 0.25) is 0 Å². The number of rotatable bonds is 3. The van der Waals surface area contributed by atoms with Crippen LogP contribution in [-0.4, -0.2) is 37.5 Å². The first-order chi connectivity index (χ1) is 8.22. The van der Waals surface area contributed by atoms with E-state index in [9.17, 15) is 4.79 Å². The number of nitrogens with zero attached hydrogens (tertiary/aromatic N) is 1.